The van der Waals surface area contributed by atoms with Gasteiger partial charge in [0.2, 0.25) is 0 Å². The Morgan fingerprint density at radius 1 is 1.16 bits per heavy atom. The maximum atomic E-state index is 13.5. The number of amides is 2. The third kappa shape index (κ3) is 6.25. The Balaban J connectivity index is 1.13. The van der Waals surface area contributed by atoms with Gasteiger partial charge in [-0.25, -0.2) is 19.2 Å². The van der Waals surface area contributed by atoms with Gasteiger partial charge in [0.15, 0.2) is 6.79 Å². The average molecular weight is 544 g/mol. The lowest BCUT2D eigenvalue weighted by molar-refractivity contribution is -0.0565. The van der Waals surface area contributed by atoms with Gasteiger partial charge in [-0.3, -0.25) is 0 Å². The number of nitrogens with one attached hydrogen (secondary N) is 1. The number of urea groups is 1. The zero-order chi connectivity index (χ0) is 26.5. The third-order valence-corrected chi connectivity index (χ3v) is 7.38. The fraction of sp³-hybridized carbons (Fsp3) is 0.444. The molecular formula is C27H31ClFN5O4. The molecule has 11 heteroatoms. The maximum Gasteiger partial charge on any atom is 0.320 e. The SMILES string of the molecule is CN(C(=O)N1CCOCC1)C1CCC(OCOc2ccc3ncnc(Nc4ccc(F)c(Cl)c4)c3c2)CC1. The van der Waals surface area contributed by atoms with E-state index in [0.717, 1.165) is 36.6 Å². The van der Waals surface area contributed by atoms with E-state index in [1.807, 2.05) is 35.0 Å². The van der Waals surface area contributed by atoms with Crippen molar-refractivity contribution in [2.24, 2.45) is 0 Å². The number of nitrogens with zero attached hydrogens (tertiary/aromatic N) is 4. The highest BCUT2D eigenvalue weighted by Gasteiger charge is 2.30. The van der Waals surface area contributed by atoms with Crippen LogP contribution in [0.3, 0.4) is 0 Å². The second-order valence-electron chi connectivity index (χ2n) is 9.51. The molecule has 9 nitrogen and oxygen atoms in total. The quantitative estimate of drug-likeness (QED) is 0.409. The van der Waals surface area contributed by atoms with Gasteiger partial charge in [-0.05, 0) is 62.1 Å². The first-order valence-electron chi connectivity index (χ1n) is 12.8. The molecule has 1 saturated heterocycles. The van der Waals surface area contributed by atoms with E-state index in [1.165, 1.54) is 18.5 Å². The largest absolute Gasteiger partial charge is 0.468 e. The molecule has 2 heterocycles. The summed E-state index contributed by atoms with van der Waals surface area (Å²) in [5.74, 6) is 0.692. The molecule has 2 amide bonds. The lowest BCUT2D eigenvalue weighted by Gasteiger charge is -2.38. The van der Waals surface area contributed by atoms with Crippen LogP contribution in [0.5, 0.6) is 5.75 Å². The fourth-order valence-corrected chi connectivity index (χ4v) is 5.05. The van der Waals surface area contributed by atoms with Gasteiger partial charge in [0, 0.05) is 37.3 Å². The van der Waals surface area contributed by atoms with Gasteiger partial charge in [-0.1, -0.05) is 11.6 Å². The van der Waals surface area contributed by atoms with Crippen molar-refractivity contribution < 1.29 is 23.4 Å². The van der Waals surface area contributed by atoms with Gasteiger partial charge in [0.1, 0.15) is 23.7 Å². The highest BCUT2D eigenvalue weighted by Crippen LogP contribution is 2.29. The van der Waals surface area contributed by atoms with Crippen molar-refractivity contribution in [1.29, 1.82) is 0 Å². The molecule has 2 aromatic carbocycles. The Kier molecular flexibility index (Phi) is 8.41. The van der Waals surface area contributed by atoms with Gasteiger partial charge in [0.05, 0.1) is 29.9 Å². The van der Waals surface area contributed by atoms with Crippen LogP contribution in [0, 0.1) is 5.82 Å². The molecule has 0 atom stereocenters. The van der Waals surface area contributed by atoms with Crippen molar-refractivity contribution in [3.8, 4) is 5.75 Å². The monoisotopic (exact) mass is 543 g/mol. The van der Waals surface area contributed by atoms with Gasteiger partial charge >= 0.3 is 6.03 Å². The summed E-state index contributed by atoms with van der Waals surface area (Å²) in [6.07, 6.45) is 5.08. The second-order valence-corrected chi connectivity index (χ2v) is 9.91. The Morgan fingerprint density at radius 3 is 2.71 bits per heavy atom. The van der Waals surface area contributed by atoms with Gasteiger partial charge in [-0.2, -0.15) is 0 Å². The molecule has 2 fully saturated rings. The number of ether oxygens (including phenoxy) is 3. The number of aromatic nitrogens is 2. The zero-order valence-electron chi connectivity index (χ0n) is 21.2. The van der Waals surface area contributed by atoms with Crippen molar-refractivity contribution in [1.82, 2.24) is 19.8 Å². The Labute approximate surface area is 225 Å². The molecule has 1 N–H and O–H groups in total. The molecule has 38 heavy (non-hydrogen) atoms. The first kappa shape index (κ1) is 26.4. The first-order valence-corrected chi connectivity index (χ1v) is 13.2. The highest BCUT2D eigenvalue weighted by molar-refractivity contribution is 6.31. The molecule has 1 aliphatic heterocycles. The first-order chi connectivity index (χ1) is 18.5. The van der Waals surface area contributed by atoms with Crippen molar-refractivity contribution in [3.63, 3.8) is 0 Å². The molecule has 202 valence electrons. The van der Waals surface area contributed by atoms with Crippen LogP contribution in [0.2, 0.25) is 5.02 Å². The van der Waals surface area contributed by atoms with Crippen molar-refractivity contribution in [2.45, 2.75) is 37.8 Å². The van der Waals surface area contributed by atoms with Crippen LogP contribution in [0.4, 0.5) is 20.7 Å². The van der Waals surface area contributed by atoms with Crippen LogP contribution in [0.15, 0.2) is 42.7 Å². The van der Waals surface area contributed by atoms with Crippen molar-refractivity contribution in [3.05, 3.63) is 53.6 Å². The second kappa shape index (κ2) is 12.1. The number of rotatable bonds is 7. The lowest BCUT2D eigenvalue weighted by Crippen LogP contribution is -2.50. The molecule has 1 aliphatic carbocycles. The Hall–Kier alpha value is -3.21. The zero-order valence-corrected chi connectivity index (χ0v) is 22.0. The predicted molar refractivity (Wildman–Crippen MR) is 142 cm³/mol. The molecule has 1 saturated carbocycles. The van der Waals surface area contributed by atoms with Crippen molar-refractivity contribution >= 4 is 40.0 Å². The molecular weight excluding hydrogens is 513 g/mol. The number of halogens is 2. The van der Waals surface area contributed by atoms with E-state index in [0.29, 0.717) is 43.6 Å². The minimum Gasteiger partial charge on any atom is -0.468 e. The van der Waals surface area contributed by atoms with Crippen LogP contribution in [0.1, 0.15) is 25.7 Å². The predicted octanol–water partition coefficient (Wildman–Crippen LogP) is 5.21. The van der Waals surface area contributed by atoms with Gasteiger partial charge in [0.25, 0.3) is 0 Å². The highest BCUT2D eigenvalue weighted by atomic mass is 35.5. The molecule has 0 radical (unpaired) electrons. The Bertz CT molecular complexity index is 1270. The van der Waals surface area contributed by atoms with Crippen LogP contribution in [-0.2, 0) is 9.47 Å². The van der Waals surface area contributed by atoms with Crippen LogP contribution in [-0.4, -0.2) is 78.1 Å². The van der Waals surface area contributed by atoms with E-state index in [4.69, 9.17) is 25.8 Å². The van der Waals surface area contributed by atoms with Crippen LogP contribution < -0.4 is 10.1 Å². The number of hydrogen-bond donors (Lipinski definition) is 1. The summed E-state index contributed by atoms with van der Waals surface area (Å²) in [5, 5.41) is 3.94. The van der Waals surface area contributed by atoms with E-state index in [9.17, 15) is 9.18 Å². The molecule has 1 aromatic heterocycles. The minimum atomic E-state index is -0.484. The van der Waals surface area contributed by atoms with E-state index >= 15 is 0 Å². The van der Waals surface area contributed by atoms with Gasteiger partial charge < -0.3 is 29.3 Å². The minimum absolute atomic E-state index is 0.0268. The standard InChI is InChI=1S/C27H31ClFN5O4/c1-33(27(35)34-10-12-36-13-11-34)19-3-5-20(6-4-19)37-17-38-21-7-9-25-22(15-21)26(31-16-30-25)32-18-2-8-24(29)23(28)14-18/h2,7-9,14-16,19-20H,3-6,10-13,17H2,1H3,(H,30,31,32). The summed E-state index contributed by atoms with van der Waals surface area (Å²) in [6, 6.07) is 10.2. The lowest BCUT2D eigenvalue weighted by atomic mass is 9.92. The smallest absolute Gasteiger partial charge is 0.320 e. The maximum absolute atomic E-state index is 13.5. The number of fused-ring (bicyclic) bond motifs is 1. The summed E-state index contributed by atoms with van der Waals surface area (Å²) < 4.78 is 30.8. The van der Waals surface area contributed by atoms with Crippen LogP contribution >= 0.6 is 11.6 Å². The van der Waals surface area contributed by atoms with E-state index < -0.39 is 5.82 Å². The fourth-order valence-electron chi connectivity index (χ4n) is 4.87. The van der Waals surface area contributed by atoms with E-state index in [2.05, 4.69) is 15.3 Å². The molecule has 0 spiro atoms. The summed E-state index contributed by atoms with van der Waals surface area (Å²) >= 11 is 5.91. The van der Waals surface area contributed by atoms with E-state index in [-0.39, 0.29) is 30.0 Å². The molecule has 0 unspecified atom stereocenters. The molecule has 2 aliphatic rings. The number of hydrogen-bond acceptors (Lipinski definition) is 7. The van der Waals surface area contributed by atoms with Crippen molar-refractivity contribution in [2.75, 3.05) is 45.5 Å². The topological polar surface area (TPSA) is 89.1 Å². The summed E-state index contributed by atoms with van der Waals surface area (Å²) in [4.78, 5) is 25.1. The number of anilines is 2. The van der Waals surface area contributed by atoms with E-state index in [1.54, 1.807) is 6.07 Å². The normalized spacial score (nSPS) is 19.8. The number of carbonyl (C=O) groups excluding carboxylic acids is 1. The molecule has 0 bridgehead atoms. The van der Waals surface area contributed by atoms with Gasteiger partial charge in [-0.15, -0.1) is 0 Å². The third-order valence-electron chi connectivity index (χ3n) is 7.09. The molecule has 3 aromatic rings. The number of morpholine rings is 1. The average Bonchev–Trinajstić information content (AvgIpc) is 2.95. The summed E-state index contributed by atoms with van der Waals surface area (Å²) in [5.41, 5.74) is 1.34. The molecule has 5 rings (SSSR count). The number of benzene rings is 2. The number of carbonyl (C=O) groups is 1. The summed E-state index contributed by atoms with van der Waals surface area (Å²) in [6.45, 7) is 2.63. The Morgan fingerprint density at radius 2 is 1.95 bits per heavy atom. The van der Waals surface area contributed by atoms with Crippen LogP contribution in [0.25, 0.3) is 10.9 Å². The summed E-state index contributed by atoms with van der Waals surface area (Å²) in [7, 11) is 1.89.